The Morgan fingerprint density at radius 1 is 1.02 bits per heavy atom. The molecule has 2 aromatic carbocycles. The number of amides is 1. The number of H-pyrrole nitrogens is 1. The number of halogens is 3. The van der Waals surface area contributed by atoms with Crippen LogP contribution in [0.5, 0.6) is 5.75 Å². The number of nitrogens with zero attached hydrogens (tertiary/aromatic N) is 6. The Balaban J connectivity index is 1.12. The highest BCUT2D eigenvalue weighted by Gasteiger charge is 2.33. The van der Waals surface area contributed by atoms with Crippen molar-refractivity contribution in [3.63, 3.8) is 0 Å². The van der Waals surface area contributed by atoms with Crippen LogP contribution in [0.15, 0.2) is 71.9 Å². The predicted molar refractivity (Wildman–Crippen MR) is 152 cm³/mol. The molecule has 1 N–H and O–H groups in total. The van der Waals surface area contributed by atoms with Crippen LogP contribution in [-0.4, -0.2) is 63.8 Å². The SMILES string of the molecule is Cc1c(N2Cc3ccccc3[C@H]2COc2cccc(C(=O)N3CCN(c4ncc(C(F)(F)F)cn4)CC3)c2)cn[nH]c1=O. The molecular weight excluding hydrogens is 563 g/mol. The fourth-order valence-electron chi connectivity index (χ4n) is 5.45. The third kappa shape index (κ3) is 5.74. The first-order valence-electron chi connectivity index (χ1n) is 13.7. The zero-order valence-corrected chi connectivity index (χ0v) is 23.2. The molecule has 1 fully saturated rings. The van der Waals surface area contributed by atoms with Crippen molar-refractivity contribution in [3.8, 4) is 5.75 Å². The maximum atomic E-state index is 13.3. The maximum absolute atomic E-state index is 13.3. The lowest BCUT2D eigenvalue weighted by molar-refractivity contribution is -0.138. The Morgan fingerprint density at radius 2 is 1.77 bits per heavy atom. The smallest absolute Gasteiger partial charge is 0.419 e. The molecule has 1 saturated heterocycles. The number of fused-ring (bicyclic) bond motifs is 1. The molecule has 0 saturated carbocycles. The molecule has 4 aromatic rings. The van der Waals surface area contributed by atoms with Gasteiger partial charge in [0.25, 0.3) is 11.5 Å². The van der Waals surface area contributed by atoms with Gasteiger partial charge in [-0.05, 0) is 36.2 Å². The number of aromatic nitrogens is 4. The first-order chi connectivity index (χ1) is 20.7. The molecule has 0 bridgehead atoms. The van der Waals surface area contributed by atoms with Gasteiger partial charge in [0.05, 0.1) is 23.5 Å². The van der Waals surface area contributed by atoms with Gasteiger partial charge >= 0.3 is 6.18 Å². The van der Waals surface area contributed by atoms with Crippen molar-refractivity contribution in [1.82, 2.24) is 25.1 Å². The van der Waals surface area contributed by atoms with Crippen molar-refractivity contribution >= 4 is 17.5 Å². The molecule has 0 spiro atoms. The van der Waals surface area contributed by atoms with E-state index in [4.69, 9.17) is 4.74 Å². The van der Waals surface area contributed by atoms with Crippen LogP contribution >= 0.6 is 0 Å². The zero-order valence-electron chi connectivity index (χ0n) is 23.2. The van der Waals surface area contributed by atoms with Gasteiger partial charge < -0.3 is 19.4 Å². The van der Waals surface area contributed by atoms with Gasteiger partial charge in [0.1, 0.15) is 12.4 Å². The molecule has 222 valence electrons. The molecule has 10 nitrogen and oxygen atoms in total. The number of nitrogens with one attached hydrogen (secondary N) is 1. The Bertz CT molecular complexity index is 1690. The molecule has 1 atom stereocenters. The number of ether oxygens (including phenoxy) is 1. The fourth-order valence-corrected chi connectivity index (χ4v) is 5.45. The van der Waals surface area contributed by atoms with Crippen LogP contribution in [0.1, 0.15) is 38.7 Å². The van der Waals surface area contributed by atoms with E-state index in [-0.39, 0.29) is 30.1 Å². The van der Waals surface area contributed by atoms with Crippen LogP contribution in [0.4, 0.5) is 24.8 Å². The van der Waals surface area contributed by atoms with E-state index in [1.165, 1.54) is 0 Å². The summed E-state index contributed by atoms with van der Waals surface area (Å²) >= 11 is 0. The highest BCUT2D eigenvalue weighted by atomic mass is 19.4. The fraction of sp³-hybridized carbons (Fsp3) is 0.300. The summed E-state index contributed by atoms with van der Waals surface area (Å²) in [5.74, 6) is 0.563. The molecule has 0 unspecified atom stereocenters. The number of piperazine rings is 1. The maximum Gasteiger partial charge on any atom is 0.419 e. The van der Waals surface area contributed by atoms with Gasteiger partial charge in [0, 0.05) is 56.2 Å². The van der Waals surface area contributed by atoms with E-state index >= 15 is 0 Å². The highest BCUT2D eigenvalue weighted by molar-refractivity contribution is 5.94. The number of alkyl halides is 3. The van der Waals surface area contributed by atoms with Crippen LogP contribution in [0.3, 0.4) is 0 Å². The lowest BCUT2D eigenvalue weighted by atomic mass is 10.1. The lowest BCUT2D eigenvalue weighted by Gasteiger charge is -2.34. The molecule has 1 amide bonds. The summed E-state index contributed by atoms with van der Waals surface area (Å²) in [5.41, 5.74) is 2.87. The Morgan fingerprint density at radius 3 is 2.51 bits per heavy atom. The van der Waals surface area contributed by atoms with Gasteiger partial charge in [0.2, 0.25) is 5.95 Å². The first-order valence-corrected chi connectivity index (χ1v) is 13.7. The second-order valence-electron chi connectivity index (χ2n) is 10.4. The summed E-state index contributed by atoms with van der Waals surface area (Å²) in [6, 6.07) is 14.9. The van der Waals surface area contributed by atoms with Crippen LogP contribution in [-0.2, 0) is 12.7 Å². The summed E-state index contributed by atoms with van der Waals surface area (Å²) in [6.07, 6.45) is -1.31. The molecule has 13 heteroatoms. The van der Waals surface area contributed by atoms with Gasteiger partial charge in [0.15, 0.2) is 0 Å². The molecule has 6 rings (SSSR count). The second-order valence-corrected chi connectivity index (χ2v) is 10.4. The van der Waals surface area contributed by atoms with E-state index in [1.54, 1.807) is 47.2 Å². The van der Waals surface area contributed by atoms with E-state index in [0.29, 0.717) is 49.6 Å². The molecule has 0 aliphatic carbocycles. The van der Waals surface area contributed by atoms with E-state index in [9.17, 15) is 22.8 Å². The van der Waals surface area contributed by atoms with Gasteiger partial charge in [-0.2, -0.15) is 18.3 Å². The summed E-state index contributed by atoms with van der Waals surface area (Å²) in [4.78, 5) is 38.9. The van der Waals surface area contributed by atoms with Crippen molar-refractivity contribution in [2.45, 2.75) is 25.7 Å². The van der Waals surface area contributed by atoms with Crippen LogP contribution in [0.25, 0.3) is 0 Å². The van der Waals surface area contributed by atoms with Crippen molar-refractivity contribution in [2.24, 2.45) is 0 Å². The topological polar surface area (TPSA) is 108 Å². The van der Waals surface area contributed by atoms with Gasteiger partial charge in [-0.1, -0.05) is 30.3 Å². The number of rotatable bonds is 6. The van der Waals surface area contributed by atoms with Gasteiger partial charge in [-0.15, -0.1) is 0 Å². The molecular formula is C30H28F3N7O3. The molecule has 43 heavy (non-hydrogen) atoms. The summed E-state index contributed by atoms with van der Waals surface area (Å²) in [6.45, 7) is 4.17. The van der Waals surface area contributed by atoms with Crippen LogP contribution < -0.4 is 20.1 Å². The number of aromatic amines is 1. The number of anilines is 2. The molecule has 4 heterocycles. The van der Waals surface area contributed by atoms with E-state index in [2.05, 4.69) is 37.2 Å². The number of carbonyl (C=O) groups excluding carboxylic acids is 1. The summed E-state index contributed by atoms with van der Waals surface area (Å²) in [7, 11) is 0. The normalized spacial score (nSPS) is 16.7. The van der Waals surface area contributed by atoms with Crippen molar-refractivity contribution in [1.29, 1.82) is 0 Å². The molecule has 0 radical (unpaired) electrons. The minimum Gasteiger partial charge on any atom is -0.491 e. The number of carbonyl (C=O) groups is 1. The standard InChI is InChI=1S/C30H28F3N7O3/c1-19-25(16-36-37-27(19)41)40-17-21-5-2-3-8-24(21)26(40)18-43-23-7-4-6-20(13-23)28(42)38-9-11-39(12-10-38)29-34-14-22(15-35-29)30(31,32)33/h2-8,13-16,26H,9-12,17-18H2,1H3,(H,37,41)/t26-/m1/s1. The predicted octanol–water partition coefficient (Wildman–Crippen LogP) is 3.99. The average Bonchev–Trinajstić information content (AvgIpc) is 3.39. The van der Waals surface area contributed by atoms with Crippen molar-refractivity contribution in [3.05, 3.63) is 105 Å². The number of benzene rings is 2. The molecule has 2 aromatic heterocycles. The summed E-state index contributed by atoms with van der Waals surface area (Å²) in [5, 5.41) is 6.47. The van der Waals surface area contributed by atoms with Crippen molar-refractivity contribution < 1.29 is 22.7 Å². The van der Waals surface area contributed by atoms with E-state index < -0.39 is 11.7 Å². The third-order valence-corrected chi connectivity index (χ3v) is 7.82. The van der Waals surface area contributed by atoms with Crippen LogP contribution in [0.2, 0.25) is 0 Å². The second kappa shape index (κ2) is 11.4. The van der Waals surface area contributed by atoms with E-state index in [0.717, 1.165) is 29.2 Å². The minimum absolute atomic E-state index is 0.168. The van der Waals surface area contributed by atoms with Gasteiger partial charge in [-0.25, -0.2) is 15.1 Å². The highest BCUT2D eigenvalue weighted by Crippen LogP contribution is 2.38. The first kappa shape index (κ1) is 28.2. The third-order valence-electron chi connectivity index (χ3n) is 7.82. The zero-order chi connectivity index (χ0) is 30.1. The average molecular weight is 592 g/mol. The van der Waals surface area contributed by atoms with Gasteiger partial charge in [-0.3, -0.25) is 9.59 Å². The largest absolute Gasteiger partial charge is 0.491 e. The monoisotopic (exact) mass is 591 g/mol. The quantitative estimate of drug-likeness (QED) is 0.359. The lowest BCUT2D eigenvalue weighted by Crippen LogP contribution is -2.49. The van der Waals surface area contributed by atoms with E-state index in [1.807, 2.05) is 12.1 Å². The number of hydrogen-bond donors (Lipinski definition) is 1. The minimum atomic E-state index is -4.50. The van der Waals surface area contributed by atoms with Crippen molar-refractivity contribution in [2.75, 3.05) is 42.6 Å². The summed E-state index contributed by atoms with van der Waals surface area (Å²) < 4.78 is 44.7. The number of hydrogen-bond acceptors (Lipinski definition) is 8. The Hall–Kier alpha value is -4.94. The van der Waals surface area contributed by atoms with Crippen LogP contribution in [0, 0.1) is 6.92 Å². The Kier molecular flexibility index (Phi) is 7.46. The molecule has 2 aliphatic heterocycles. The molecule has 2 aliphatic rings. The Labute approximate surface area is 244 Å².